The van der Waals surface area contributed by atoms with Crippen molar-refractivity contribution in [2.75, 3.05) is 5.43 Å². The van der Waals surface area contributed by atoms with Crippen LogP contribution in [0.15, 0.2) is 42.5 Å². The summed E-state index contributed by atoms with van der Waals surface area (Å²) in [5, 5.41) is 2.23. The van der Waals surface area contributed by atoms with Crippen molar-refractivity contribution in [1.82, 2.24) is 4.05 Å². The minimum absolute atomic E-state index is 0.883. The molecule has 0 unspecified atom stereocenters. The maximum atomic E-state index is 5.50. The number of halogens is 2. The molecule has 2 aromatic rings. The predicted molar refractivity (Wildman–Crippen MR) is 61.1 cm³/mol. The smallest absolute Gasteiger partial charge is 0.0594 e. The van der Waals surface area contributed by atoms with E-state index >= 15 is 0 Å². The highest BCUT2D eigenvalue weighted by atomic mass is 35.5. The number of hydrogen-bond donors (Lipinski definition) is 1. The molecule has 2 rings (SSSR count). The van der Waals surface area contributed by atoms with Gasteiger partial charge >= 0.3 is 0 Å². The number of benzene rings is 2. The summed E-state index contributed by atoms with van der Waals surface area (Å²) in [7, 11) is 0. The van der Waals surface area contributed by atoms with Gasteiger partial charge in [0, 0.05) is 28.9 Å². The van der Waals surface area contributed by atoms with E-state index in [0.29, 0.717) is 0 Å². The highest BCUT2D eigenvalue weighted by Crippen LogP contribution is 2.23. The molecule has 0 spiro atoms. The summed E-state index contributed by atoms with van der Waals surface area (Å²) in [6.45, 7) is 0. The lowest BCUT2D eigenvalue weighted by molar-refractivity contribution is 0.869. The van der Waals surface area contributed by atoms with Crippen molar-refractivity contribution in [2.24, 2.45) is 0 Å². The van der Waals surface area contributed by atoms with Crippen molar-refractivity contribution in [3.63, 3.8) is 0 Å². The average molecular weight is 227 g/mol. The van der Waals surface area contributed by atoms with Gasteiger partial charge in [-0.2, -0.15) is 0 Å². The van der Waals surface area contributed by atoms with E-state index in [1.165, 1.54) is 0 Å². The molecule has 0 aliphatic heterocycles. The van der Waals surface area contributed by atoms with Crippen LogP contribution in [0.4, 0.5) is 5.69 Å². The Labute approximate surface area is 92.2 Å². The van der Waals surface area contributed by atoms with Gasteiger partial charge in [-0.1, -0.05) is 36.4 Å². The van der Waals surface area contributed by atoms with E-state index in [2.05, 4.69) is 5.43 Å². The molecule has 0 fully saturated rings. The van der Waals surface area contributed by atoms with Gasteiger partial charge in [-0.25, -0.2) is 0 Å². The van der Waals surface area contributed by atoms with Crippen molar-refractivity contribution in [3.8, 4) is 0 Å². The second kappa shape index (κ2) is 4.05. The topological polar surface area (TPSA) is 15.3 Å². The van der Waals surface area contributed by atoms with Crippen molar-refractivity contribution < 1.29 is 0 Å². The van der Waals surface area contributed by atoms with Gasteiger partial charge in [0.1, 0.15) is 0 Å². The van der Waals surface area contributed by atoms with Gasteiger partial charge in [-0.05, 0) is 15.5 Å². The van der Waals surface area contributed by atoms with Crippen molar-refractivity contribution >= 4 is 40.0 Å². The van der Waals surface area contributed by atoms with Gasteiger partial charge in [-0.15, -0.1) is 0 Å². The van der Waals surface area contributed by atoms with Crippen LogP contribution >= 0.6 is 23.6 Å². The Bertz CT molecular complexity index is 438. The standard InChI is InChI=1S/C10H8Cl2N2/c11-14(12)13-10-7-3-5-8-4-1-2-6-9(8)10/h1-7,13H. The number of anilines is 1. The van der Waals surface area contributed by atoms with Crippen LogP contribution in [0.1, 0.15) is 0 Å². The predicted octanol–water partition coefficient (Wildman–Crippen LogP) is 3.78. The van der Waals surface area contributed by atoms with Gasteiger partial charge in [0.25, 0.3) is 0 Å². The van der Waals surface area contributed by atoms with Crippen LogP contribution in [0.25, 0.3) is 10.8 Å². The second-order valence-electron chi connectivity index (χ2n) is 2.87. The molecule has 0 bridgehead atoms. The van der Waals surface area contributed by atoms with Crippen molar-refractivity contribution in [1.29, 1.82) is 0 Å². The summed E-state index contributed by atoms with van der Waals surface area (Å²) in [6, 6.07) is 13.9. The highest BCUT2D eigenvalue weighted by Gasteiger charge is 2.01. The van der Waals surface area contributed by atoms with Crippen LogP contribution in [0.2, 0.25) is 0 Å². The van der Waals surface area contributed by atoms with Gasteiger partial charge in [0.05, 0.1) is 5.69 Å². The number of rotatable bonds is 2. The Hall–Kier alpha value is -0.960. The lowest BCUT2D eigenvalue weighted by Crippen LogP contribution is -2.07. The fourth-order valence-electron chi connectivity index (χ4n) is 1.41. The summed E-state index contributed by atoms with van der Waals surface area (Å²) in [6.07, 6.45) is 0. The third kappa shape index (κ3) is 1.93. The number of hydrazine groups is 1. The van der Waals surface area contributed by atoms with Crippen LogP contribution < -0.4 is 5.43 Å². The SMILES string of the molecule is ClN(Cl)Nc1cccc2ccccc12. The monoisotopic (exact) mass is 226 g/mol. The van der Waals surface area contributed by atoms with Crippen LogP contribution in [0, 0.1) is 0 Å². The fourth-order valence-corrected chi connectivity index (χ4v) is 1.60. The van der Waals surface area contributed by atoms with Crippen LogP contribution in [0.5, 0.6) is 0 Å². The third-order valence-corrected chi connectivity index (χ3v) is 2.16. The summed E-state index contributed by atoms with van der Waals surface area (Å²) in [4.78, 5) is 0. The van der Waals surface area contributed by atoms with Crippen molar-refractivity contribution in [2.45, 2.75) is 0 Å². The molecule has 0 saturated heterocycles. The van der Waals surface area contributed by atoms with Crippen molar-refractivity contribution in [3.05, 3.63) is 42.5 Å². The molecule has 2 aromatic carbocycles. The summed E-state index contributed by atoms with van der Waals surface area (Å²) in [5.74, 6) is 0. The fraction of sp³-hybridized carbons (Fsp3) is 0. The largest absolute Gasteiger partial charge is 0.290 e. The van der Waals surface area contributed by atoms with E-state index < -0.39 is 0 Å². The minimum atomic E-state index is 0.883. The Morgan fingerprint density at radius 2 is 1.64 bits per heavy atom. The molecular formula is C10H8Cl2N2. The van der Waals surface area contributed by atoms with Gasteiger partial charge in [-0.3, -0.25) is 5.43 Å². The first kappa shape index (κ1) is 9.59. The van der Waals surface area contributed by atoms with Crippen LogP contribution in [-0.2, 0) is 0 Å². The molecule has 0 aliphatic carbocycles. The average Bonchev–Trinajstić information content (AvgIpc) is 2.18. The van der Waals surface area contributed by atoms with E-state index in [1.54, 1.807) is 0 Å². The number of fused-ring (bicyclic) bond motifs is 1. The molecular weight excluding hydrogens is 219 g/mol. The highest BCUT2D eigenvalue weighted by molar-refractivity contribution is 6.34. The maximum Gasteiger partial charge on any atom is 0.0594 e. The van der Waals surface area contributed by atoms with E-state index in [0.717, 1.165) is 20.5 Å². The first-order chi connectivity index (χ1) is 6.77. The Kier molecular flexibility index (Phi) is 2.77. The molecule has 0 saturated carbocycles. The summed E-state index contributed by atoms with van der Waals surface area (Å²) < 4.78 is 0.891. The lowest BCUT2D eigenvalue weighted by atomic mass is 10.1. The molecule has 0 aliphatic rings. The van der Waals surface area contributed by atoms with E-state index in [1.807, 2.05) is 42.5 Å². The zero-order valence-electron chi connectivity index (χ0n) is 7.24. The molecule has 0 aromatic heterocycles. The van der Waals surface area contributed by atoms with E-state index in [4.69, 9.17) is 23.6 Å². The Balaban J connectivity index is 2.53. The molecule has 2 nitrogen and oxygen atoms in total. The molecule has 14 heavy (non-hydrogen) atoms. The number of nitrogens with one attached hydrogen (secondary N) is 1. The zero-order chi connectivity index (χ0) is 9.97. The van der Waals surface area contributed by atoms with Gasteiger partial charge < -0.3 is 0 Å². The molecule has 1 N–H and O–H groups in total. The molecule has 0 heterocycles. The maximum absolute atomic E-state index is 5.50. The molecule has 72 valence electrons. The zero-order valence-corrected chi connectivity index (χ0v) is 8.76. The van der Waals surface area contributed by atoms with E-state index in [-0.39, 0.29) is 0 Å². The molecule has 0 radical (unpaired) electrons. The molecule has 0 amide bonds. The van der Waals surface area contributed by atoms with E-state index in [9.17, 15) is 0 Å². The molecule has 4 heteroatoms. The first-order valence-corrected chi connectivity index (χ1v) is 4.81. The molecule has 0 atom stereocenters. The summed E-state index contributed by atoms with van der Waals surface area (Å²) in [5.41, 5.74) is 3.69. The Morgan fingerprint density at radius 3 is 2.43 bits per heavy atom. The first-order valence-electron chi connectivity index (χ1n) is 4.13. The summed E-state index contributed by atoms with van der Waals surface area (Å²) >= 11 is 11.0. The number of hydrogen-bond acceptors (Lipinski definition) is 2. The van der Waals surface area contributed by atoms with Crippen LogP contribution in [0.3, 0.4) is 0 Å². The number of nitrogens with zero attached hydrogens (tertiary/aromatic N) is 1. The Morgan fingerprint density at radius 1 is 0.929 bits per heavy atom. The normalized spacial score (nSPS) is 10.8. The van der Waals surface area contributed by atoms with Gasteiger partial charge in [0.2, 0.25) is 0 Å². The van der Waals surface area contributed by atoms with Crippen LogP contribution in [-0.4, -0.2) is 4.05 Å². The lowest BCUT2D eigenvalue weighted by Gasteiger charge is -2.10. The quantitative estimate of drug-likeness (QED) is 0.620. The third-order valence-electron chi connectivity index (χ3n) is 1.99. The second-order valence-corrected chi connectivity index (χ2v) is 3.72. The van der Waals surface area contributed by atoms with Gasteiger partial charge in [0.15, 0.2) is 0 Å². The minimum Gasteiger partial charge on any atom is -0.290 e.